The fourth-order valence-corrected chi connectivity index (χ4v) is 4.37. The second-order valence-electron chi connectivity index (χ2n) is 6.27. The van der Waals surface area contributed by atoms with Crippen LogP contribution in [0.3, 0.4) is 0 Å². The molecular formula is C18H23ClNO4P. The minimum atomic E-state index is -3.81. The summed E-state index contributed by atoms with van der Waals surface area (Å²) in [7, 11) is 0. The molecule has 2 aromatic rings. The molecule has 25 heavy (non-hydrogen) atoms. The van der Waals surface area contributed by atoms with E-state index in [0.717, 1.165) is 23.6 Å². The highest BCUT2D eigenvalue weighted by molar-refractivity contribution is 7.84. The van der Waals surface area contributed by atoms with Crippen LogP contribution in [0.5, 0.6) is 5.75 Å². The highest BCUT2D eigenvalue weighted by Crippen LogP contribution is 2.51. The molecule has 0 fully saturated rings. The Bertz CT molecular complexity index is 788. The smallest absolute Gasteiger partial charge is 0.410 e. The summed E-state index contributed by atoms with van der Waals surface area (Å²) in [6.45, 7) is 1.62. The molecule has 7 heteroatoms. The molecular weight excluding hydrogens is 361 g/mol. The molecule has 1 atom stereocenters. The fourth-order valence-electron chi connectivity index (χ4n) is 2.29. The van der Waals surface area contributed by atoms with Crippen molar-refractivity contribution in [1.29, 1.82) is 0 Å². The van der Waals surface area contributed by atoms with Gasteiger partial charge in [-0.05, 0) is 31.7 Å². The van der Waals surface area contributed by atoms with Gasteiger partial charge >= 0.3 is 12.8 Å². The van der Waals surface area contributed by atoms with Gasteiger partial charge in [0.1, 0.15) is 11.3 Å². The van der Waals surface area contributed by atoms with Gasteiger partial charge in [-0.15, -0.1) is 0 Å². The molecule has 0 aliphatic rings. The molecule has 136 valence electrons. The Morgan fingerprint density at radius 1 is 1.20 bits per heavy atom. The number of ether oxygens (including phenoxy) is 1. The van der Waals surface area contributed by atoms with E-state index in [-0.39, 0.29) is 0 Å². The Kier molecular flexibility index (Phi) is 6.50. The number of rotatable bonds is 8. The average molecular weight is 384 g/mol. The quantitative estimate of drug-likeness (QED) is 0.382. The average Bonchev–Trinajstić information content (AvgIpc) is 2.54. The number of halogens is 1. The van der Waals surface area contributed by atoms with Crippen LogP contribution in [-0.4, -0.2) is 18.1 Å². The first-order valence-electron chi connectivity index (χ1n) is 8.19. The molecule has 0 aliphatic heterocycles. The largest absolute Gasteiger partial charge is 0.464 e. The van der Waals surface area contributed by atoms with E-state index in [9.17, 15) is 9.36 Å². The first-order valence-corrected chi connectivity index (χ1v) is 10.7. The maximum atomic E-state index is 12.7. The van der Waals surface area contributed by atoms with Gasteiger partial charge in [-0.25, -0.2) is 9.65 Å². The molecule has 5 nitrogen and oxygen atoms in total. The number of hydrogen-bond acceptors (Lipinski definition) is 4. The molecule has 0 aromatic heterocycles. The van der Waals surface area contributed by atoms with Crippen LogP contribution in [0, 0.1) is 0 Å². The molecule has 0 saturated heterocycles. The van der Waals surface area contributed by atoms with E-state index < -0.39 is 18.4 Å². The predicted molar refractivity (Wildman–Crippen MR) is 101 cm³/mol. The van der Waals surface area contributed by atoms with E-state index in [0.29, 0.717) is 12.4 Å². The molecule has 1 N–H and O–H groups in total. The van der Waals surface area contributed by atoms with Crippen LogP contribution in [-0.2, 0) is 14.1 Å². The van der Waals surface area contributed by atoms with Crippen molar-refractivity contribution < 1.29 is 18.6 Å². The zero-order valence-corrected chi connectivity index (χ0v) is 16.3. The van der Waals surface area contributed by atoms with Crippen LogP contribution in [0.2, 0.25) is 0 Å². The lowest BCUT2D eigenvalue weighted by molar-refractivity contribution is -0.149. The van der Waals surface area contributed by atoms with Crippen molar-refractivity contribution in [1.82, 2.24) is 5.09 Å². The highest BCUT2D eigenvalue weighted by Gasteiger charge is 2.38. The van der Waals surface area contributed by atoms with Crippen molar-refractivity contribution in [3.8, 4) is 5.75 Å². The van der Waals surface area contributed by atoms with Crippen molar-refractivity contribution in [2.45, 2.75) is 39.2 Å². The minimum Gasteiger partial charge on any atom is -0.464 e. The van der Waals surface area contributed by atoms with Gasteiger partial charge in [0, 0.05) is 16.6 Å². The number of carbonyl (C=O) groups excluding carboxylic acids is 1. The standard InChI is InChI=1S/C18H23ClNO4P/c1-4-5-13-23-17(21)18(2,3)20-25(19,22)24-16-12-8-10-14-9-6-7-11-15(14)16/h6-12H,4-5,13H2,1-3H3,(H,20,22). The maximum Gasteiger partial charge on any atom is 0.410 e. The van der Waals surface area contributed by atoms with Gasteiger partial charge in [-0.1, -0.05) is 49.7 Å². The summed E-state index contributed by atoms with van der Waals surface area (Å²) in [5.74, 6) is -0.137. The Hall–Kier alpha value is -1.55. The van der Waals surface area contributed by atoms with E-state index in [1.807, 2.05) is 37.3 Å². The summed E-state index contributed by atoms with van der Waals surface area (Å²) in [5, 5.41) is 4.32. The SMILES string of the molecule is CCCCOC(=O)C(C)(C)NP(=O)(Cl)Oc1cccc2ccccc12. The molecule has 0 heterocycles. The van der Waals surface area contributed by atoms with Crippen molar-refractivity contribution in [3.63, 3.8) is 0 Å². The Morgan fingerprint density at radius 2 is 1.88 bits per heavy atom. The summed E-state index contributed by atoms with van der Waals surface area (Å²) in [6, 6.07) is 12.9. The van der Waals surface area contributed by atoms with Crippen LogP contribution >= 0.6 is 18.1 Å². The number of nitrogens with one attached hydrogen (secondary N) is 1. The van der Waals surface area contributed by atoms with Gasteiger partial charge in [0.2, 0.25) is 0 Å². The maximum absolute atomic E-state index is 12.7. The topological polar surface area (TPSA) is 64.6 Å². The van der Waals surface area contributed by atoms with Crippen molar-refractivity contribution in [2.24, 2.45) is 0 Å². The fraction of sp³-hybridized carbons (Fsp3) is 0.389. The van der Waals surface area contributed by atoms with Crippen LogP contribution in [0.25, 0.3) is 10.8 Å². The van der Waals surface area contributed by atoms with E-state index in [1.165, 1.54) is 0 Å². The molecule has 2 aromatic carbocycles. The van der Waals surface area contributed by atoms with Gasteiger partial charge in [0.15, 0.2) is 0 Å². The van der Waals surface area contributed by atoms with Crippen molar-refractivity contribution in [2.75, 3.05) is 6.61 Å². The summed E-state index contributed by atoms with van der Waals surface area (Å²) in [6.07, 6.45) is 1.69. The Labute approximate surface area is 152 Å². The lowest BCUT2D eigenvalue weighted by Gasteiger charge is -2.26. The van der Waals surface area contributed by atoms with Crippen LogP contribution in [0.1, 0.15) is 33.6 Å². The van der Waals surface area contributed by atoms with Crippen LogP contribution in [0.15, 0.2) is 42.5 Å². The molecule has 0 bridgehead atoms. The number of carbonyl (C=O) groups is 1. The zero-order valence-electron chi connectivity index (χ0n) is 14.6. The lowest BCUT2D eigenvalue weighted by Crippen LogP contribution is -2.46. The zero-order chi connectivity index (χ0) is 18.5. The van der Waals surface area contributed by atoms with Crippen LogP contribution < -0.4 is 9.61 Å². The third-order valence-corrected chi connectivity index (χ3v) is 5.34. The lowest BCUT2D eigenvalue weighted by atomic mass is 10.1. The van der Waals surface area contributed by atoms with Gasteiger partial charge < -0.3 is 9.26 Å². The summed E-state index contributed by atoms with van der Waals surface area (Å²) in [5.41, 5.74) is -1.24. The molecule has 2 rings (SSSR count). The molecule has 0 radical (unpaired) electrons. The van der Waals surface area contributed by atoms with Crippen LogP contribution in [0.4, 0.5) is 0 Å². The first kappa shape index (κ1) is 19.8. The molecule has 0 aliphatic carbocycles. The second-order valence-corrected chi connectivity index (χ2v) is 8.98. The minimum absolute atomic E-state index is 0.317. The highest BCUT2D eigenvalue weighted by atomic mass is 35.7. The third-order valence-electron chi connectivity index (χ3n) is 3.62. The molecule has 0 saturated carbocycles. The molecule has 1 unspecified atom stereocenters. The Balaban J connectivity index is 2.12. The van der Waals surface area contributed by atoms with Gasteiger partial charge in [0.05, 0.1) is 6.61 Å². The van der Waals surface area contributed by atoms with Gasteiger partial charge in [-0.2, -0.15) is 0 Å². The van der Waals surface area contributed by atoms with E-state index in [2.05, 4.69) is 5.09 Å². The third kappa shape index (κ3) is 5.46. The second kappa shape index (κ2) is 8.22. The summed E-state index contributed by atoms with van der Waals surface area (Å²) in [4.78, 5) is 12.2. The summed E-state index contributed by atoms with van der Waals surface area (Å²) < 4.78 is 23.4. The number of fused-ring (bicyclic) bond motifs is 1. The predicted octanol–water partition coefficient (Wildman–Crippen LogP) is 5.28. The first-order chi connectivity index (χ1) is 11.7. The number of esters is 1. The van der Waals surface area contributed by atoms with E-state index in [4.69, 9.17) is 20.5 Å². The molecule has 0 amide bonds. The monoisotopic (exact) mass is 383 g/mol. The summed E-state index contributed by atoms with van der Waals surface area (Å²) >= 11 is 6.08. The van der Waals surface area contributed by atoms with Gasteiger partial charge in [0.25, 0.3) is 0 Å². The van der Waals surface area contributed by atoms with E-state index in [1.54, 1.807) is 26.0 Å². The Morgan fingerprint density at radius 3 is 2.60 bits per heavy atom. The molecule has 0 spiro atoms. The number of hydrogen-bond donors (Lipinski definition) is 1. The van der Waals surface area contributed by atoms with Crippen molar-refractivity contribution in [3.05, 3.63) is 42.5 Å². The number of unbranched alkanes of at least 4 members (excludes halogenated alkanes) is 1. The normalized spacial score (nSPS) is 14.1. The van der Waals surface area contributed by atoms with Gasteiger partial charge in [-0.3, -0.25) is 4.79 Å². The van der Waals surface area contributed by atoms with Crippen molar-refractivity contribution >= 4 is 34.9 Å². The van der Waals surface area contributed by atoms with E-state index >= 15 is 0 Å². The number of benzene rings is 2.